The van der Waals surface area contributed by atoms with Crippen molar-refractivity contribution in [2.45, 2.75) is 46.2 Å². The van der Waals surface area contributed by atoms with E-state index in [-0.39, 0.29) is 0 Å². The van der Waals surface area contributed by atoms with Crippen LogP contribution >= 0.6 is 11.6 Å². The number of nitrogens with one attached hydrogen (secondary N) is 1. The number of halogens is 1. The maximum atomic E-state index is 6.08. The minimum atomic E-state index is 0.326. The molecule has 1 rings (SSSR count). The fourth-order valence-corrected chi connectivity index (χ4v) is 2.31. The highest BCUT2D eigenvalue weighted by Crippen LogP contribution is 2.22. The number of ether oxygens (including phenoxy) is 1. The summed E-state index contributed by atoms with van der Waals surface area (Å²) in [5, 5.41) is 4.49. The van der Waals surface area contributed by atoms with Gasteiger partial charge in [-0.1, -0.05) is 44.5 Å². The van der Waals surface area contributed by atoms with E-state index in [4.69, 9.17) is 16.3 Å². The van der Waals surface area contributed by atoms with Gasteiger partial charge in [0.15, 0.2) is 0 Å². The molecule has 0 fully saturated rings. The standard InChI is InChI=1S/C16H26ClNO/c1-5-15(13-8-7-9-14(17)10-13)18-16(12(3)4)11-19-6-2/h7-10,12,15-16,18H,5-6,11H2,1-4H3. The Kier molecular flexibility index (Phi) is 7.44. The first-order valence-electron chi connectivity index (χ1n) is 7.17. The Morgan fingerprint density at radius 1 is 1.26 bits per heavy atom. The summed E-state index contributed by atoms with van der Waals surface area (Å²) in [6.07, 6.45) is 1.04. The summed E-state index contributed by atoms with van der Waals surface area (Å²) in [5.74, 6) is 0.541. The van der Waals surface area contributed by atoms with Gasteiger partial charge in [-0.25, -0.2) is 0 Å². The SMILES string of the molecule is CCOCC(NC(CC)c1cccc(Cl)c1)C(C)C. The van der Waals surface area contributed by atoms with E-state index in [1.54, 1.807) is 0 Å². The second-order valence-electron chi connectivity index (χ2n) is 5.19. The summed E-state index contributed by atoms with van der Waals surface area (Å²) in [6.45, 7) is 10.2. The highest BCUT2D eigenvalue weighted by Gasteiger charge is 2.18. The van der Waals surface area contributed by atoms with Crippen LogP contribution in [0.15, 0.2) is 24.3 Å². The van der Waals surface area contributed by atoms with Crippen molar-refractivity contribution < 1.29 is 4.74 Å². The second-order valence-corrected chi connectivity index (χ2v) is 5.63. The van der Waals surface area contributed by atoms with Crippen LogP contribution in [0, 0.1) is 5.92 Å². The summed E-state index contributed by atoms with van der Waals surface area (Å²) in [5.41, 5.74) is 1.25. The molecule has 3 heteroatoms. The maximum Gasteiger partial charge on any atom is 0.0622 e. The number of rotatable bonds is 8. The minimum Gasteiger partial charge on any atom is -0.380 e. The summed E-state index contributed by atoms with van der Waals surface area (Å²) >= 11 is 6.08. The molecular formula is C16H26ClNO. The van der Waals surface area contributed by atoms with Crippen LogP contribution in [-0.2, 0) is 4.74 Å². The molecule has 1 N–H and O–H groups in total. The molecule has 2 unspecified atom stereocenters. The molecule has 0 spiro atoms. The molecule has 2 nitrogen and oxygen atoms in total. The summed E-state index contributed by atoms with van der Waals surface area (Å²) < 4.78 is 5.57. The quantitative estimate of drug-likeness (QED) is 0.761. The molecule has 0 radical (unpaired) electrons. The van der Waals surface area contributed by atoms with Crippen LogP contribution in [0.4, 0.5) is 0 Å². The fraction of sp³-hybridized carbons (Fsp3) is 0.625. The third kappa shape index (κ3) is 5.52. The van der Waals surface area contributed by atoms with Crippen LogP contribution in [0.5, 0.6) is 0 Å². The lowest BCUT2D eigenvalue weighted by Crippen LogP contribution is -2.40. The molecule has 0 heterocycles. The molecule has 108 valence electrons. The molecule has 19 heavy (non-hydrogen) atoms. The van der Waals surface area contributed by atoms with Gasteiger partial charge in [-0.2, -0.15) is 0 Å². The molecule has 0 aliphatic rings. The van der Waals surface area contributed by atoms with Crippen LogP contribution in [0.2, 0.25) is 5.02 Å². The highest BCUT2D eigenvalue weighted by molar-refractivity contribution is 6.30. The molecular weight excluding hydrogens is 258 g/mol. The Morgan fingerprint density at radius 2 is 2.00 bits per heavy atom. The van der Waals surface area contributed by atoms with Crippen LogP contribution in [0.1, 0.15) is 45.7 Å². The predicted octanol–water partition coefficient (Wildman–Crippen LogP) is 4.44. The Labute approximate surface area is 122 Å². The van der Waals surface area contributed by atoms with E-state index >= 15 is 0 Å². The monoisotopic (exact) mass is 283 g/mol. The Hall–Kier alpha value is -0.570. The normalized spacial score (nSPS) is 14.6. The van der Waals surface area contributed by atoms with Crippen molar-refractivity contribution in [1.82, 2.24) is 5.32 Å². The van der Waals surface area contributed by atoms with E-state index in [2.05, 4.69) is 32.2 Å². The highest BCUT2D eigenvalue weighted by atomic mass is 35.5. The van der Waals surface area contributed by atoms with Gasteiger partial charge in [-0.3, -0.25) is 0 Å². The summed E-state index contributed by atoms with van der Waals surface area (Å²) in [6, 6.07) is 8.79. The number of benzene rings is 1. The summed E-state index contributed by atoms with van der Waals surface area (Å²) in [7, 11) is 0. The van der Waals surface area contributed by atoms with Crippen LogP contribution < -0.4 is 5.32 Å². The van der Waals surface area contributed by atoms with E-state index in [1.807, 2.05) is 25.1 Å². The van der Waals surface area contributed by atoms with Crippen molar-refractivity contribution in [3.05, 3.63) is 34.9 Å². The van der Waals surface area contributed by atoms with E-state index in [0.29, 0.717) is 18.0 Å². The van der Waals surface area contributed by atoms with Gasteiger partial charge in [-0.05, 0) is 37.0 Å². The molecule has 0 aliphatic carbocycles. The molecule has 0 aromatic heterocycles. The average Bonchev–Trinajstić information content (AvgIpc) is 2.38. The van der Waals surface area contributed by atoms with Gasteiger partial charge in [0.25, 0.3) is 0 Å². The van der Waals surface area contributed by atoms with Crippen molar-refractivity contribution in [2.24, 2.45) is 5.92 Å². The predicted molar refractivity (Wildman–Crippen MR) is 82.7 cm³/mol. The van der Waals surface area contributed by atoms with Crippen molar-refractivity contribution in [3.63, 3.8) is 0 Å². The molecule has 2 atom stereocenters. The van der Waals surface area contributed by atoms with Crippen LogP contribution in [-0.4, -0.2) is 19.3 Å². The maximum absolute atomic E-state index is 6.08. The second kappa shape index (κ2) is 8.57. The molecule has 0 saturated heterocycles. The number of hydrogen-bond donors (Lipinski definition) is 1. The lowest BCUT2D eigenvalue weighted by molar-refractivity contribution is 0.103. The zero-order valence-corrected chi connectivity index (χ0v) is 13.2. The molecule has 1 aromatic carbocycles. The van der Waals surface area contributed by atoms with E-state index < -0.39 is 0 Å². The molecule has 0 bridgehead atoms. The van der Waals surface area contributed by atoms with Crippen LogP contribution in [0.25, 0.3) is 0 Å². The van der Waals surface area contributed by atoms with Crippen LogP contribution in [0.3, 0.4) is 0 Å². The number of hydrogen-bond acceptors (Lipinski definition) is 2. The lowest BCUT2D eigenvalue weighted by atomic mass is 9.99. The van der Waals surface area contributed by atoms with Crippen molar-refractivity contribution >= 4 is 11.6 Å². The zero-order chi connectivity index (χ0) is 14.3. The van der Waals surface area contributed by atoms with Gasteiger partial charge in [0.05, 0.1) is 6.61 Å². The average molecular weight is 284 g/mol. The van der Waals surface area contributed by atoms with Crippen molar-refractivity contribution in [2.75, 3.05) is 13.2 Å². The lowest BCUT2D eigenvalue weighted by Gasteiger charge is -2.28. The smallest absolute Gasteiger partial charge is 0.0622 e. The van der Waals surface area contributed by atoms with Gasteiger partial charge >= 0.3 is 0 Å². The Morgan fingerprint density at radius 3 is 2.53 bits per heavy atom. The third-order valence-electron chi connectivity index (χ3n) is 3.38. The van der Waals surface area contributed by atoms with E-state index in [1.165, 1.54) is 5.56 Å². The van der Waals surface area contributed by atoms with Gasteiger partial charge in [-0.15, -0.1) is 0 Å². The molecule has 0 aliphatic heterocycles. The van der Waals surface area contributed by atoms with Gasteiger partial charge in [0.2, 0.25) is 0 Å². The van der Waals surface area contributed by atoms with E-state index in [0.717, 1.165) is 24.7 Å². The minimum absolute atomic E-state index is 0.326. The first-order valence-corrected chi connectivity index (χ1v) is 7.55. The fourth-order valence-electron chi connectivity index (χ4n) is 2.11. The topological polar surface area (TPSA) is 21.3 Å². The van der Waals surface area contributed by atoms with Gasteiger partial charge in [0, 0.05) is 23.7 Å². The Bertz CT molecular complexity index is 368. The molecule has 0 amide bonds. The summed E-state index contributed by atoms with van der Waals surface area (Å²) in [4.78, 5) is 0. The first-order chi connectivity index (χ1) is 9.08. The third-order valence-corrected chi connectivity index (χ3v) is 3.62. The Balaban J connectivity index is 2.73. The zero-order valence-electron chi connectivity index (χ0n) is 12.4. The molecule has 1 aromatic rings. The van der Waals surface area contributed by atoms with Gasteiger partial charge in [0.1, 0.15) is 0 Å². The molecule has 0 saturated carbocycles. The van der Waals surface area contributed by atoms with E-state index in [9.17, 15) is 0 Å². The first kappa shape index (κ1) is 16.5. The van der Waals surface area contributed by atoms with Crippen molar-refractivity contribution in [1.29, 1.82) is 0 Å². The van der Waals surface area contributed by atoms with Crippen molar-refractivity contribution in [3.8, 4) is 0 Å². The van der Waals surface area contributed by atoms with Gasteiger partial charge < -0.3 is 10.1 Å². The largest absolute Gasteiger partial charge is 0.380 e.